The zero-order valence-electron chi connectivity index (χ0n) is 11.5. The van der Waals surface area contributed by atoms with Crippen molar-refractivity contribution in [3.63, 3.8) is 0 Å². The van der Waals surface area contributed by atoms with Crippen LogP contribution in [0.1, 0.15) is 32.1 Å². The fraction of sp³-hybridized carbons (Fsp3) is 0.929. The Balaban J connectivity index is 1.96. The smallest absolute Gasteiger partial charge is 0.226 e. The van der Waals surface area contributed by atoms with Gasteiger partial charge in [-0.15, -0.1) is 0 Å². The monoisotopic (exact) mass is 254 g/mol. The molecule has 4 heteroatoms. The number of amides is 1. The second-order valence-electron chi connectivity index (χ2n) is 5.51. The van der Waals surface area contributed by atoms with Crippen LogP contribution in [0.3, 0.4) is 0 Å². The molecule has 2 heterocycles. The molecule has 1 N–H and O–H groups in total. The summed E-state index contributed by atoms with van der Waals surface area (Å²) < 4.78 is 5.11. The minimum atomic E-state index is 0.270. The first-order chi connectivity index (χ1) is 8.83. The average Bonchev–Trinajstić information content (AvgIpc) is 2.60. The third kappa shape index (κ3) is 3.45. The van der Waals surface area contributed by atoms with Crippen LogP contribution in [0.25, 0.3) is 0 Å². The normalized spacial score (nSPS) is 27.3. The summed E-state index contributed by atoms with van der Waals surface area (Å²) in [6.45, 7) is 4.49. The number of likely N-dealkylation sites (tertiary alicyclic amines) is 1. The lowest BCUT2D eigenvalue weighted by Crippen LogP contribution is -2.42. The molecule has 1 atom stereocenters. The Kier molecular flexibility index (Phi) is 5.45. The summed E-state index contributed by atoms with van der Waals surface area (Å²) in [5, 5.41) is 3.38. The van der Waals surface area contributed by atoms with Gasteiger partial charge in [0.2, 0.25) is 5.91 Å². The van der Waals surface area contributed by atoms with E-state index in [-0.39, 0.29) is 5.92 Å². The van der Waals surface area contributed by atoms with Crippen LogP contribution in [0.4, 0.5) is 0 Å². The summed E-state index contributed by atoms with van der Waals surface area (Å²) in [5.74, 6) is 1.25. The van der Waals surface area contributed by atoms with Gasteiger partial charge >= 0.3 is 0 Å². The Labute approximate surface area is 110 Å². The number of methoxy groups -OCH3 is 1. The highest BCUT2D eigenvalue weighted by atomic mass is 16.5. The third-order valence-electron chi connectivity index (χ3n) is 4.34. The number of nitrogens with zero attached hydrogens (tertiary/aromatic N) is 1. The number of nitrogens with one attached hydrogen (secondary N) is 1. The molecular formula is C14H26N2O2. The van der Waals surface area contributed by atoms with Gasteiger partial charge in [-0.25, -0.2) is 0 Å². The van der Waals surface area contributed by atoms with Crippen molar-refractivity contribution in [3.8, 4) is 0 Å². The topological polar surface area (TPSA) is 41.6 Å². The van der Waals surface area contributed by atoms with Gasteiger partial charge in [-0.1, -0.05) is 6.42 Å². The van der Waals surface area contributed by atoms with Crippen LogP contribution < -0.4 is 5.32 Å². The van der Waals surface area contributed by atoms with Crippen LogP contribution in [0, 0.1) is 11.8 Å². The Bertz CT molecular complexity index is 265. The largest absolute Gasteiger partial charge is 0.383 e. The number of rotatable bonds is 4. The average molecular weight is 254 g/mol. The Morgan fingerprint density at radius 3 is 2.78 bits per heavy atom. The van der Waals surface area contributed by atoms with Crippen molar-refractivity contribution in [1.82, 2.24) is 10.2 Å². The van der Waals surface area contributed by atoms with Crippen molar-refractivity contribution in [1.29, 1.82) is 0 Å². The molecule has 0 radical (unpaired) electrons. The minimum absolute atomic E-state index is 0.270. The van der Waals surface area contributed by atoms with Crippen LogP contribution in [0.2, 0.25) is 0 Å². The van der Waals surface area contributed by atoms with Gasteiger partial charge in [0.15, 0.2) is 0 Å². The van der Waals surface area contributed by atoms with Gasteiger partial charge in [0.05, 0.1) is 6.61 Å². The maximum atomic E-state index is 12.6. The second-order valence-corrected chi connectivity index (χ2v) is 5.51. The molecule has 0 aromatic carbocycles. The summed E-state index contributed by atoms with van der Waals surface area (Å²) in [7, 11) is 1.70. The van der Waals surface area contributed by atoms with Crippen molar-refractivity contribution < 1.29 is 9.53 Å². The van der Waals surface area contributed by atoms with Crippen LogP contribution in [-0.2, 0) is 9.53 Å². The van der Waals surface area contributed by atoms with Crippen molar-refractivity contribution in [2.75, 3.05) is 39.9 Å². The lowest BCUT2D eigenvalue weighted by molar-refractivity contribution is -0.137. The quantitative estimate of drug-likeness (QED) is 0.821. The maximum absolute atomic E-state index is 12.6. The van der Waals surface area contributed by atoms with E-state index in [0.717, 1.165) is 51.9 Å². The lowest BCUT2D eigenvalue weighted by atomic mass is 9.81. The SMILES string of the molecule is COCCN1CCCC[C@H](C2CCNCC2)C1=O. The molecule has 2 aliphatic rings. The molecule has 2 aliphatic heterocycles. The predicted molar refractivity (Wildman–Crippen MR) is 71.4 cm³/mol. The van der Waals surface area contributed by atoms with E-state index in [1.807, 2.05) is 4.90 Å². The van der Waals surface area contributed by atoms with E-state index in [0.29, 0.717) is 18.4 Å². The molecule has 0 aromatic heterocycles. The Hall–Kier alpha value is -0.610. The third-order valence-corrected chi connectivity index (χ3v) is 4.34. The van der Waals surface area contributed by atoms with Crippen LogP contribution >= 0.6 is 0 Å². The molecule has 1 amide bonds. The molecular weight excluding hydrogens is 228 g/mol. The Morgan fingerprint density at radius 1 is 1.28 bits per heavy atom. The molecule has 104 valence electrons. The molecule has 18 heavy (non-hydrogen) atoms. The van der Waals surface area contributed by atoms with Crippen LogP contribution in [-0.4, -0.2) is 50.7 Å². The van der Waals surface area contributed by atoms with Gasteiger partial charge < -0.3 is 15.0 Å². The first kappa shape index (κ1) is 13.8. The summed E-state index contributed by atoms with van der Waals surface area (Å²) in [4.78, 5) is 14.6. The summed E-state index contributed by atoms with van der Waals surface area (Å²) in [6, 6.07) is 0. The van der Waals surface area contributed by atoms with Crippen molar-refractivity contribution in [3.05, 3.63) is 0 Å². The molecule has 0 aliphatic carbocycles. The van der Waals surface area contributed by atoms with E-state index < -0.39 is 0 Å². The van der Waals surface area contributed by atoms with Crippen LogP contribution in [0.5, 0.6) is 0 Å². The number of piperidine rings is 1. The first-order valence-electron chi connectivity index (χ1n) is 7.31. The van der Waals surface area contributed by atoms with Crippen LogP contribution in [0.15, 0.2) is 0 Å². The molecule has 0 bridgehead atoms. The molecule has 4 nitrogen and oxygen atoms in total. The number of hydrogen-bond donors (Lipinski definition) is 1. The van der Waals surface area contributed by atoms with Gasteiger partial charge in [0.1, 0.15) is 0 Å². The Morgan fingerprint density at radius 2 is 2.06 bits per heavy atom. The van der Waals surface area contributed by atoms with E-state index in [1.54, 1.807) is 7.11 Å². The van der Waals surface area contributed by atoms with E-state index in [2.05, 4.69) is 5.32 Å². The standard InChI is InChI=1S/C14H26N2O2/c1-18-11-10-16-9-3-2-4-13(14(16)17)12-5-7-15-8-6-12/h12-13,15H,2-11H2,1H3/t13-/m1/s1. The minimum Gasteiger partial charge on any atom is -0.383 e. The molecule has 0 spiro atoms. The molecule has 0 aromatic rings. The number of ether oxygens (including phenoxy) is 1. The molecule has 2 rings (SSSR count). The van der Waals surface area contributed by atoms with E-state index in [9.17, 15) is 4.79 Å². The molecule has 0 unspecified atom stereocenters. The van der Waals surface area contributed by atoms with Crippen molar-refractivity contribution in [2.24, 2.45) is 11.8 Å². The van der Waals surface area contributed by atoms with Crippen molar-refractivity contribution >= 4 is 5.91 Å². The fourth-order valence-corrected chi connectivity index (χ4v) is 3.24. The predicted octanol–water partition coefficient (Wildman–Crippen LogP) is 1.26. The van der Waals surface area contributed by atoms with E-state index >= 15 is 0 Å². The highest BCUT2D eigenvalue weighted by Gasteiger charge is 2.33. The molecule has 2 fully saturated rings. The highest BCUT2D eigenvalue weighted by molar-refractivity contribution is 5.79. The zero-order valence-corrected chi connectivity index (χ0v) is 11.5. The zero-order chi connectivity index (χ0) is 12.8. The highest BCUT2D eigenvalue weighted by Crippen LogP contribution is 2.30. The van der Waals surface area contributed by atoms with Gasteiger partial charge in [0, 0.05) is 26.1 Å². The number of carbonyl (C=O) groups is 1. The second kappa shape index (κ2) is 7.10. The lowest BCUT2D eigenvalue weighted by Gasteiger charge is -2.32. The van der Waals surface area contributed by atoms with Gasteiger partial charge in [-0.05, 0) is 44.7 Å². The van der Waals surface area contributed by atoms with E-state index in [1.165, 1.54) is 6.42 Å². The first-order valence-corrected chi connectivity index (χ1v) is 7.31. The maximum Gasteiger partial charge on any atom is 0.226 e. The number of hydrogen-bond acceptors (Lipinski definition) is 3. The van der Waals surface area contributed by atoms with Crippen molar-refractivity contribution in [2.45, 2.75) is 32.1 Å². The van der Waals surface area contributed by atoms with Gasteiger partial charge in [-0.2, -0.15) is 0 Å². The molecule has 2 saturated heterocycles. The molecule has 0 saturated carbocycles. The number of carbonyl (C=O) groups excluding carboxylic acids is 1. The summed E-state index contributed by atoms with van der Waals surface area (Å²) in [5.41, 5.74) is 0. The van der Waals surface area contributed by atoms with Gasteiger partial charge in [-0.3, -0.25) is 4.79 Å². The summed E-state index contributed by atoms with van der Waals surface area (Å²) in [6.07, 6.45) is 5.76. The fourth-order valence-electron chi connectivity index (χ4n) is 3.24. The van der Waals surface area contributed by atoms with E-state index in [4.69, 9.17) is 4.74 Å². The summed E-state index contributed by atoms with van der Waals surface area (Å²) >= 11 is 0. The van der Waals surface area contributed by atoms with Gasteiger partial charge in [0.25, 0.3) is 0 Å².